The van der Waals surface area contributed by atoms with E-state index in [4.69, 9.17) is 0 Å². The maximum Gasteiger partial charge on any atom is 0.221 e. The van der Waals surface area contributed by atoms with E-state index in [1.54, 1.807) is 6.92 Å². The van der Waals surface area contributed by atoms with Crippen molar-refractivity contribution in [3.8, 4) is 5.75 Å². The summed E-state index contributed by atoms with van der Waals surface area (Å²) in [7, 11) is 0. The molecule has 0 bridgehead atoms. The fraction of sp³-hybridized carbons (Fsp3) is 0.417. The first kappa shape index (κ1) is 11.9. The van der Waals surface area contributed by atoms with Gasteiger partial charge in [0, 0.05) is 25.6 Å². The summed E-state index contributed by atoms with van der Waals surface area (Å²) >= 11 is 0. The van der Waals surface area contributed by atoms with Crippen molar-refractivity contribution in [1.82, 2.24) is 10.6 Å². The van der Waals surface area contributed by atoms with Gasteiger partial charge in [-0.05, 0) is 30.2 Å². The highest BCUT2D eigenvalue weighted by Crippen LogP contribution is 2.27. The predicted molar refractivity (Wildman–Crippen MR) is 61.2 cm³/mol. The van der Waals surface area contributed by atoms with E-state index in [0.29, 0.717) is 19.5 Å². The Morgan fingerprint density at radius 3 is 2.94 bits per heavy atom. The number of halogens is 1. The number of phenols is 1. The van der Waals surface area contributed by atoms with Crippen molar-refractivity contribution in [2.45, 2.75) is 19.4 Å². The summed E-state index contributed by atoms with van der Waals surface area (Å²) in [5.74, 6) is -1.05. The summed E-state index contributed by atoms with van der Waals surface area (Å²) in [6.07, 6.45) is 0.298. The van der Waals surface area contributed by atoms with Gasteiger partial charge in [-0.1, -0.05) is 0 Å². The van der Waals surface area contributed by atoms with Crippen LogP contribution < -0.4 is 10.6 Å². The molecule has 1 atom stereocenters. The normalized spacial score (nSPS) is 20.8. The van der Waals surface area contributed by atoms with Crippen molar-refractivity contribution in [3.63, 3.8) is 0 Å². The van der Waals surface area contributed by atoms with E-state index in [1.807, 2.05) is 0 Å². The van der Waals surface area contributed by atoms with E-state index in [9.17, 15) is 14.3 Å². The summed E-state index contributed by atoms with van der Waals surface area (Å²) in [5.41, 5.74) is 1.49. The van der Waals surface area contributed by atoms with Gasteiger partial charge < -0.3 is 15.7 Å². The molecule has 1 aromatic rings. The lowest BCUT2D eigenvalue weighted by molar-refractivity contribution is -0.121. The van der Waals surface area contributed by atoms with E-state index in [2.05, 4.69) is 10.6 Å². The quantitative estimate of drug-likeness (QED) is 0.683. The third kappa shape index (κ3) is 2.55. The van der Waals surface area contributed by atoms with E-state index in [0.717, 1.165) is 11.1 Å². The van der Waals surface area contributed by atoms with Crippen LogP contribution in [-0.4, -0.2) is 24.1 Å². The standard InChI is InChI=1S/C12H15FN2O2/c1-7-4-9(13)11(16)5-8(7)10-6-12(17)15-3-2-14-10/h4-5,10,14,16H,2-3,6H2,1H3,(H,15,17). The van der Waals surface area contributed by atoms with Gasteiger partial charge in [0.15, 0.2) is 11.6 Å². The Bertz CT molecular complexity index is 448. The number of benzene rings is 1. The predicted octanol–water partition coefficient (Wildman–Crippen LogP) is 0.990. The van der Waals surface area contributed by atoms with Crippen LogP contribution in [0.3, 0.4) is 0 Å². The zero-order valence-corrected chi connectivity index (χ0v) is 9.59. The van der Waals surface area contributed by atoms with Crippen molar-refractivity contribution in [3.05, 3.63) is 29.1 Å². The number of carbonyl (C=O) groups excluding carboxylic acids is 1. The Balaban J connectivity index is 2.32. The highest BCUT2D eigenvalue weighted by Gasteiger charge is 2.21. The summed E-state index contributed by atoms with van der Waals surface area (Å²) in [6.45, 7) is 3.01. The van der Waals surface area contributed by atoms with Crippen LogP contribution in [0.2, 0.25) is 0 Å². The highest BCUT2D eigenvalue weighted by molar-refractivity contribution is 5.77. The van der Waals surface area contributed by atoms with Crippen molar-refractivity contribution in [1.29, 1.82) is 0 Å². The Kier molecular flexibility index (Phi) is 3.28. The first-order valence-electron chi connectivity index (χ1n) is 5.57. The third-order valence-electron chi connectivity index (χ3n) is 2.94. The number of phenolic OH excluding ortho intramolecular Hbond substituents is 1. The number of rotatable bonds is 1. The van der Waals surface area contributed by atoms with Gasteiger partial charge in [0.05, 0.1) is 0 Å². The maximum absolute atomic E-state index is 13.1. The number of hydrogen-bond acceptors (Lipinski definition) is 3. The summed E-state index contributed by atoms with van der Waals surface area (Å²) in [6, 6.07) is 2.50. The number of amides is 1. The lowest BCUT2D eigenvalue weighted by Gasteiger charge is -2.18. The van der Waals surface area contributed by atoms with Gasteiger partial charge in [-0.15, -0.1) is 0 Å². The Hall–Kier alpha value is -1.62. The summed E-state index contributed by atoms with van der Waals surface area (Å²) in [5, 5.41) is 15.3. The van der Waals surface area contributed by atoms with Crippen LogP contribution >= 0.6 is 0 Å². The number of hydrogen-bond donors (Lipinski definition) is 3. The van der Waals surface area contributed by atoms with Crippen molar-refractivity contribution < 1.29 is 14.3 Å². The summed E-state index contributed by atoms with van der Waals surface area (Å²) in [4.78, 5) is 11.4. The average molecular weight is 238 g/mol. The Morgan fingerprint density at radius 1 is 1.41 bits per heavy atom. The molecule has 4 nitrogen and oxygen atoms in total. The molecule has 1 amide bonds. The minimum atomic E-state index is -0.635. The number of aromatic hydroxyl groups is 1. The molecule has 0 aromatic heterocycles. The molecule has 0 aliphatic carbocycles. The van der Waals surface area contributed by atoms with Crippen molar-refractivity contribution >= 4 is 5.91 Å². The molecule has 1 aromatic carbocycles. The van der Waals surface area contributed by atoms with E-state index < -0.39 is 5.82 Å². The zero-order chi connectivity index (χ0) is 12.4. The lowest BCUT2D eigenvalue weighted by atomic mass is 9.98. The fourth-order valence-electron chi connectivity index (χ4n) is 2.05. The fourth-order valence-corrected chi connectivity index (χ4v) is 2.05. The molecule has 3 N–H and O–H groups in total. The molecule has 5 heteroatoms. The minimum absolute atomic E-state index is 0.0387. The molecule has 1 aliphatic heterocycles. The van der Waals surface area contributed by atoms with E-state index in [1.165, 1.54) is 12.1 Å². The SMILES string of the molecule is Cc1cc(F)c(O)cc1C1CC(=O)NCCN1. The summed E-state index contributed by atoms with van der Waals surface area (Å²) < 4.78 is 13.1. The van der Waals surface area contributed by atoms with Gasteiger partial charge >= 0.3 is 0 Å². The molecule has 1 saturated heterocycles. The second-order valence-electron chi connectivity index (χ2n) is 4.22. The molecular formula is C12H15FN2O2. The highest BCUT2D eigenvalue weighted by atomic mass is 19.1. The number of nitrogens with one attached hydrogen (secondary N) is 2. The molecule has 1 aliphatic rings. The first-order valence-corrected chi connectivity index (χ1v) is 5.57. The topological polar surface area (TPSA) is 61.4 Å². The average Bonchev–Trinajstić information content (AvgIpc) is 2.48. The molecule has 17 heavy (non-hydrogen) atoms. The van der Waals surface area contributed by atoms with Crippen LogP contribution in [-0.2, 0) is 4.79 Å². The molecule has 1 unspecified atom stereocenters. The van der Waals surface area contributed by atoms with Crippen LogP contribution in [0.5, 0.6) is 5.75 Å². The monoisotopic (exact) mass is 238 g/mol. The zero-order valence-electron chi connectivity index (χ0n) is 9.59. The van der Waals surface area contributed by atoms with E-state index in [-0.39, 0.29) is 17.7 Å². The van der Waals surface area contributed by atoms with Crippen LogP contribution in [0.4, 0.5) is 4.39 Å². The molecule has 1 fully saturated rings. The van der Waals surface area contributed by atoms with Gasteiger partial charge in [-0.25, -0.2) is 4.39 Å². The van der Waals surface area contributed by atoms with Crippen LogP contribution in [0, 0.1) is 12.7 Å². The molecule has 0 saturated carbocycles. The number of carbonyl (C=O) groups is 1. The Labute approximate surface area is 98.8 Å². The van der Waals surface area contributed by atoms with Gasteiger partial charge in [0.1, 0.15) is 0 Å². The van der Waals surface area contributed by atoms with Crippen molar-refractivity contribution in [2.75, 3.05) is 13.1 Å². The molecule has 2 rings (SSSR count). The number of aryl methyl sites for hydroxylation is 1. The maximum atomic E-state index is 13.1. The van der Waals surface area contributed by atoms with Crippen LogP contribution in [0.1, 0.15) is 23.6 Å². The molecule has 0 spiro atoms. The minimum Gasteiger partial charge on any atom is -0.505 e. The van der Waals surface area contributed by atoms with Gasteiger partial charge in [0.25, 0.3) is 0 Å². The Morgan fingerprint density at radius 2 is 2.18 bits per heavy atom. The lowest BCUT2D eigenvalue weighted by Crippen LogP contribution is -2.24. The molecule has 0 radical (unpaired) electrons. The molecule has 1 heterocycles. The first-order chi connectivity index (χ1) is 8.08. The van der Waals surface area contributed by atoms with Gasteiger partial charge in [-0.3, -0.25) is 4.79 Å². The second-order valence-corrected chi connectivity index (χ2v) is 4.22. The van der Waals surface area contributed by atoms with Crippen LogP contribution in [0.25, 0.3) is 0 Å². The second kappa shape index (κ2) is 4.71. The van der Waals surface area contributed by atoms with Gasteiger partial charge in [-0.2, -0.15) is 0 Å². The van der Waals surface area contributed by atoms with Gasteiger partial charge in [0.2, 0.25) is 5.91 Å². The van der Waals surface area contributed by atoms with E-state index >= 15 is 0 Å². The molecule has 92 valence electrons. The molecular weight excluding hydrogens is 223 g/mol. The third-order valence-corrected chi connectivity index (χ3v) is 2.94. The smallest absolute Gasteiger partial charge is 0.221 e. The van der Waals surface area contributed by atoms with Crippen molar-refractivity contribution in [2.24, 2.45) is 0 Å². The largest absolute Gasteiger partial charge is 0.505 e. The van der Waals surface area contributed by atoms with Crippen LogP contribution in [0.15, 0.2) is 12.1 Å².